The van der Waals surface area contributed by atoms with Gasteiger partial charge in [-0.15, -0.1) is 11.3 Å². The molecule has 5 heteroatoms. The number of hydrogen-bond donors (Lipinski definition) is 1. The van der Waals surface area contributed by atoms with Crippen molar-refractivity contribution in [2.75, 3.05) is 25.6 Å². The highest BCUT2D eigenvalue weighted by Crippen LogP contribution is 2.26. The van der Waals surface area contributed by atoms with E-state index in [9.17, 15) is 0 Å². The SMILES string of the molecule is COCCOc1cc(C)ccc1NCc1nccs1. The number of rotatable bonds is 7. The average Bonchev–Trinajstić information content (AvgIpc) is 2.91. The van der Waals surface area contributed by atoms with E-state index in [-0.39, 0.29) is 0 Å². The number of nitrogens with zero attached hydrogens (tertiary/aromatic N) is 1. The van der Waals surface area contributed by atoms with Crippen molar-refractivity contribution >= 4 is 17.0 Å². The number of aromatic nitrogens is 1. The van der Waals surface area contributed by atoms with Gasteiger partial charge in [-0.05, 0) is 24.6 Å². The van der Waals surface area contributed by atoms with Crippen LogP contribution in [0.3, 0.4) is 0 Å². The van der Waals surface area contributed by atoms with Crippen LogP contribution in [0.1, 0.15) is 10.6 Å². The molecule has 0 amide bonds. The third-order valence-electron chi connectivity index (χ3n) is 2.60. The van der Waals surface area contributed by atoms with E-state index in [1.54, 1.807) is 18.4 Å². The third-order valence-corrected chi connectivity index (χ3v) is 3.38. The van der Waals surface area contributed by atoms with Gasteiger partial charge in [-0.1, -0.05) is 6.07 Å². The zero-order chi connectivity index (χ0) is 13.5. The number of benzene rings is 1. The molecule has 0 unspecified atom stereocenters. The molecule has 0 aliphatic rings. The molecule has 0 saturated carbocycles. The van der Waals surface area contributed by atoms with E-state index < -0.39 is 0 Å². The molecule has 19 heavy (non-hydrogen) atoms. The summed E-state index contributed by atoms with van der Waals surface area (Å²) in [5.41, 5.74) is 2.16. The van der Waals surface area contributed by atoms with E-state index in [0.29, 0.717) is 19.8 Å². The predicted octanol–water partition coefficient (Wildman–Crippen LogP) is 3.09. The Morgan fingerprint density at radius 1 is 1.32 bits per heavy atom. The smallest absolute Gasteiger partial charge is 0.142 e. The maximum atomic E-state index is 5.72. The first-order chi connectivity index (χ1) is 9.29. The van der Waals surface area contributed by atoms with Gasteiger partial charge in [0.25, 0.3) is 0 Å². The molecule has 1 heterocycles. The van der Waals surface area contributed by atoms with Gasteiger partial charge in [0.1, 0.15) is 17.4 Å². The molecule has 0 spiro atoms. The van der Waals surface area contributed by atoms with Crippen LogP contribution in [0.15, 0.2) is 29.8 Å². The van der Waals surface area contributed by atoms with Gasteiger partial charge in [0.05, 0.1) is 18.8 Å². The lowest BCUT2D eigenvalue weighted by molar-refractivity contribution is 0.146. The van der Waals surface area contributed by atoms with Crippen molar-refractivity contribution in [3.63, 3.8) is 0 Å². The summed E-state index contributed by atoms with van der Waals surface area (Å²) in [7, 11) is 1.67. The maximum absolute atomic E-state index is 5.72. The Labute approximate surface area is 117 Å². The van der Waals surface area contributed by atoms with Crippen LogP contribution in [0.5, 0.6) is 5.75 Å². The first-order valence-corrected chi connectivity index (χ1v) is 7.02. The van der Waals surface area contributed by atoms with Gasteiger partial charge < -0.3 is 14.8 Å². The van der Waals surface area contributed by atoms with Crippen LogP contribution in [-0.4, -0.2) is 25.3 Å². The van der Waals surface area contributed by atoms with Crippen molar-refractivity contribution in [2.45, 2.75) is 13.5 Å². The second-order valence-corrected chi connectivity index (χ2v) is 5.10. The normalized spacial score (nSPS) is 10.4. The van der Waals surface area contributed by atoms with E-state index in [0.717, 1.165) is 16.4 Å². The molecule has 0 radical (unpaired) electrons. The molecule has 0 atom stereocenters. The summed E-state index contributed by atoms with van der Waals surface area (Å²) in [6.45, 7) is 3.89. The number of thiazole rings is 1. The Balaban J connectivity index is 2.01. The van der Waals surface area contributed by atoms with Crippen LogP contribution in [0.2, 0.25) is 0 Å². The summed E-state index contributed by atoms with van der Waals surface area (Å²) >= 11 is 1.64. The first-order valence-electron chi connectivity index (χ1n) is 6.14. The molecule has 1 aromatic heterocycles. The summed E-state index contributed by atoms with van der Waals surface area (Å²) in [5, 5.41) is 6.38. The van der Waals surface area contributed by atoms with E-state index in [4.69, 9.17) is 9.47 Å². The molecular weight excluding hydrogens is 260 g/mol. The van der Waals surface area contributed by atoms with Gasteiger partial charge in [0.2, 0.25) is 0 Å². The number of ether oxygens (including phenoxy) is 2. The standard InChI is InChI=1S/C14H18N2O2S/c1-11-3-4-12(13(9-11)18-7-6-17-2)16-10-14-15-5-8-19-14/h3-5,8-9,16H,6-7,10H2,1-2H3. The molecule has 0 fully saturated rings. The topological polar surface area (TPSA) is 43.4 Å². The molecule has 0 saturated heterocycles. The van der Waals surface area contributed by atoms with Crippen LogP contribution in [0.4, 0.5) is 5.69 Å². The fourth-order valence-corrected chi connectivity index (χ4v) is 2.20. The van der Waals surface area contributed by atoms with Crippen LogP contribution < -0.4 is 10.1 Å². The van der Waals surface area contributed by atoms with Crippen molar-refractivity contribution in [1.29, 1.82) is 0 Å². The van der Waals surface area contributed by atoms with E-state index in [2.05, 4.69) is 16.4 Å². The third kappa shape index (κ3) is 4.22. The molecule has 2 rings (SSSR count). The Kier molecular flexibility index (Phi) is 5.18. The van der Waals surface area contributed by atoms with E-state index in [1.165, 1.54) is 5.56 Å². The highest BCUT2D eigenvalue weighted by Gasteiger charge is 2.05. The van der Waals surface area contributed by atoms with E-state index in [1.807, 2.05) is 30.6 Å². The van der Waals surface area contributed by atoms with Crippen LogP contribution >= 0.6 is 11.3 Å². The molecule has 1 aromatic carbocycles. The van der Waals surface area contributed by atoms with Gasteiger partial charge in [-0.25, -0.2) is 4.98 Å². The molecular formula is C14H18N2O2S. The first kappa shape index (κ1) is 13.8. The summed E-state index contributed by atoms with van der Waals surface area (Å²) in [6.07, 6.45) is 1.81. The monoisotopic (exact) mass is 278 g/mol. The molecule has 0 bridgehead atoms. The number of aryl methyl sites for hydroxylation is 1. The summed E-state index contributed by atoms with van der Waals surface area (Å²) in [4.78, 5) is 4.25. The molecule has 4 nitrogen and oxygen atoms in total. The molecule has 0 aliphatic heterocycles. The van der Waals surface area contributed by atoms with Gasteiger partial charge in [0, 0.05) is 18.7 Å². The second-order valence-electron chi connectivity index (χ2n) is 4.12. The average molecular weight is 278 g/mol. The molecule has 102 valence electrons. The summed E-state index contributed by atoms with van der Waals surface area (Å²) in [5.74, 6) is 0.855. The van der Waals surface area contributed by atoms with Gasteiger partial charge in [-0.3, -0.25) is 0 Å². The summed E-state index contributed by atoms with van der Waals surface area (Å²) in [6, 6.07) is 6.12. The van der Waals surface area contributed by atoms with Crippen molar-refractivity contribution in [1.82, 2.24) is 4.98 Å². The fourth-order valence-electron chi connectivity index (χ4n) is 1.64. The van der Waals surface area contributed by atoms with Gasteiger partial charge in [0.15, 0.2) is 0 Å². The van der Waals surface area contributed by atoms with Gasteiger partial charge in [-0.2, -0.15) is 0 Å². The molecule has 1 N–H and O–H groups in total. The second kappa shape index (κ2) is 7.11. The Morgan fingerprint density at radius 2 is 2.21 bits per heavy atom. The van der Waals surface area contributed by atoms with Crippen LogP contribution in [0, 0.1) is 6.92 Å². The largest absolute Gasteiger partial charge is 0.489 e. The van der Waals surface area contributed by atoms with Crippen molar-refractivity contribution in [2.24, 2.45) is 0 Å². The Hall–Kier alpha value is -1.59. The minimum Gasteiger partial charge on any atom is -0.489 e. The zero-order valence-corrected chi connectivity index (χ0v) is 12.0. The fraction of sp³-hybridized carbons (Fsp3) is 0.357. The van der Waals surface area contributed by atoms with Gasteiger partial charge >= 0.3 is 0 Å². The van der Waals surface area contributed by atoms with Crippen molar-refractivity contribution in [3.05, 3.63) is 40.3 Å². The summed E-state index contributed by atoms with van der Waals surface area (Å²) < 4.78 is 10.7. The minimum atomic E-state index is 0.548. The number of nitrogens with one attached hydrogen (secondary N) is 1. The molecule has 2 aromatic rings. The minimum absolute atomic E-state index is 0.548. The lowest BCUT2D eigenvalue weighted by atomic mass is 10.2. The quantitative estimate of drug-likeness (QED) is 0.790. The lowest BCUT2D eigenvalue weighted by Crippen LogP contribution is -2.07. The van der Waals surface area contributed by atoms with Crippen molar-refractivity contribution < 1.29 is 9.47 Å². The highest BCUT2D eigenvalue weighted by atomic mass is 32.1. The molecule has 0 aliphatic carbocycles. The number of anilines is 1. The number of methoxy groups -OCH3 is 1. The lowest BCUT2D eigenvalue weighted by Gasteiger charge is -2.13. The maximum Gasteiger partial charge on any atom is 0.142 e. The van der Waals surface area contributed by atoms with E-state index >= 15 is 0 Å². The van der Waals surface area contributed by atoms with Crippen molar-refractivity contribution in [3.8, 4) is 5.75 Å². The highest BCUT2D eigenvalue weighted by molar-refractivity contribution is 7.09. The Morgan fingerprint density at radius 3 is 2.95 bits per heavy atom. The zero-order valence-electron chi connectivity index (χ0n) is 11.2. The number of hydrogen-bond acceptors (Lipinski definition) is 5. The van der Waals surface area contributed by atoms with Crippen LogP contribution in [-0.2, 0) is 11.3 Å². The Bertz CT molecular complexity index is 500. The predicted molar refractivity (Wildman–Crippen MR) is 78.0 cm³/mol. The van der Waals surface area contributed by atoms with Crippen LogP contribution in [0.25, 0.3) is 0 Å².